The zero-order valence-corrected chi connectivity index (χ0v) is 38.8. The topological polar surface area (TPSA) is 172 Å². The molecule has 3 aromatic rings. The molecule has 3 fully saturated rings. The maximum Gasteiger partial charge on any atom is 0.416 e. The molecule has 1 unspecified atom stereocenters. The van der Waals surface area contributed by atoms with Gasteiger partial charge in [-0.1, -0.05) is 37.4 Å². The fraction of sp³-hybridized carbons (Fsp3) is 0.451. The highest BCUT2D eigenvalue weighted by atomic mass is 16.6. The maximum atomic E-state index is 14.4. The summed E-state index contributed by atoms with van der Waals surface area (Å²) in [5, 5.41) is 15.1. The normalized spacial score (nSPS) is 21.1. The number of nitrogens with one attached hydrogen (secondary N) is 1. The first-order valence-electron chi connectivity index (χ1n) is 23.5. The van der Waals surface area contributed by atoms with Crippen LogP contribution in [0.5, 0.6) is 23.0 Å². The molecule has 3 aromatic carbocycles. The second-order valence-electron chi connectivity index (χ2n) is 18.1. The number of ether oxygens (including phenoxy) is 6. The van der Waals surface area contributed by atoms with Gasteiger partial charge in [0.15, 0.2) is 29.2 Å². The Morgan fingerprint density at radius 1 is 0.809 bits per heavy atom. The fourth-order valence-corrected chi connectivity index (χ4v) is 10.0. The molecule has 6 aliphatic rings. The molecular formula is C51H60N6O11. The van der Waals surface area contributed by atoms with Crippen LogP contribution >= 0.6 is 0 Å². The lowest BCUT2D eigenvalue weighted by molar-refractivity contribution is 0.0496. The number of anilines is 3. The number of aliphatic hydroxyl groups is 1. The van der Waals surface area contributed by atoms with Crippen molar-refractivity contribution in [2.24, 2.45) is 5.41 Å². The van der Waals surface area contributed by atoms with Crippen molar-refractivity contribution in [2.45, 2.75) is 63.3 Å². The first kappa shape index (κ1) is 46.4. The van der Waals surface area contributed by atoms with Gasteiger partial charge in [-0.3, -0.25) is 14.5 Å². The number of amides is 4. The van der Waals surface area contributed by atoms with Gasteiger partial charge in [0.05, 0.1) is 68.6 Å². The fourth-order valence-electron chi connectivity index (χ4n) is 10.0. The molecule has 17 heteroatoms. The molecular weight excluding hydrogens is 873 g/mol. The second kappa shape index (κ2) is 19.9. The summed E-state index contributed by atoms with van der Waals surface area (Å²) in [4.78, 5) is 64.0. The Labute approximate surface area is 396 Å². The highest BCUT2D eigenvalue weighted by Gasteiger charge is 2.58. The molecule has 9 rings (SSSR count). The summed E-state index contributed by atoms with van der Waals surface area (Å²) < 4.78 is 34.9. The molecule has 5 aliphatic heterocycles. The van der Waals surface area contributed by atoms with Crippen LogP contribution in [0.15, 0.2) is 80.0 Å². The standard InChI is InChI=1S/C51H60N6O11/c1-5-20-67-49(61)55-31-36-24-34(33-10-12-35(13-11-33)53-18-16-52-17-19-53)30-54(36)46(58)37-25-42(63-3)44(27-39(37)55)65-22-8-7-9-23-66-45-28-40-38(26-43(45)64-4)47(59)56-32-51(14-15-51)29-41(56)48(60)57(40)50(62)68-21-6-2/h5-6,10-13,25-28,30,36,41,48,52,60H,1-2,7-9,14-24,29,31-32H2,3-4H3/t36-,41-,48?/m0/s1. The van der Waals surface area contributed by atoms with E-state index in [-0.39, 0.29) is 66.5 Å². The van der Waals surface area contributed by atoms with Crippen LogP contribution in [0.3, 0.4) is 0 Å². The Bertz CT molecular complexity index is 2470. The third-order valence-electron chi connectivity index (χ3n) is 13.8. The van der Waals surface area contributed by atoms with Crippen molar-refractivity contribution in [3.05, 3.63) is 96.7 Å². The van der Waals surface area contributed by atoms with Gasteiger partial charge in [0.2, 0.25) is 0 Å². The predicted octanol–water partition coefficient (Wildman–Crippen LogP) is 6.60. The van der Waals surface area contributed by atoms with E-state index in [1.807, 2.05) is 6.20 Å². The molecule has 0 radical (unpaired) electrons. The smallest absolute Gasteiger partial charge is 0.416 e. The number of rotatable bonds is 16. The van der Waals surface area contributed by atoms with Crippen molar-refractivity contribution in [1.82, 2.24) is 15.1 Å². The van der Waals surface area contributed by atoms with Gasteiger partial charge in [0.1, 0.15) is 13.2 Å². The molecule has 3 atom stereocenters. The number of hydrogen-bond donors (Lipinski definition) is 2. The maximum absolute atomic E-state index is 14.4. The number of unbranched alkanes of at least 4 members (excludes halogenated alkanes) is 2. The molecule has 0 bridgehead atoms. The lowest BCUT2D eigenvalue weighted by Crippen LogP contribution is -2.50. The number of hydrogen-bond acceptors (Lipinski definition) is 13. The van der Waals surface area contributed by atoms with Gasteiger partial charge < -0.3 is 53.5 Å². The summed E-state index contributed by atoms with van der Waals surface area (Å²) in [6, 6.07) is 13.9. The first-order valence-corrected chi connectivity index (χ1v) is 23.5. The van der Waals surface area contributed by atoms with Gasteiger partial charge in [0.25, 0.3) is 11.8 Å². The lowest BCUT2D eigenvalue weighted by Gasteiger charge is -2.31. The van der Waals surface area contributed by atoms with E-state index < -0.39 is 24.5 Å². The number of carbonyl (C=O) groups excluding carboxylic acids is 4. The molecule has 4 amide bonds. The van der Waals surface area contributed by atoms with Crippen molar-refractivity contribution in [3.8, 4) is 23.0 Å². The molecule has 2 saturated heterocycles. The van der Waals surface area contributed by atoms with Crippen LogP contribution in [0.2, 0.25) is 0 Å². The summed E-state index contributed by atoms with van der Waals surface area (Å²) in [5.74, 6) is 0.788. The van der Waals surface area contributed by atoms with Gasteiger partial charge in [-0.25, -0.2) is 14.5 Å². The van der Waals surface area contributed by atoms with Gasteiger partial charge in [-0.2, -0.15) is 0 Å². The molecule has 1 saturated carbocycles. The Balaban J connectivity index is 0.860. The summed E-state index contributed by atoms with van der Waals surface area (Å²) >= 11 is 0. The van der Waals surface area contributed by atoms with E-state index in [0.29, 0.717) is 73.9 Å². The molecule has 2 N–H and O–H groups in total. The number of methoxy groups -OCH3 is 2. The SMILES string of the molecule is C=CCOC(=O)N1C[C@@H]2CC(c3ccc(N4CCNCC4)cc3)=CN2C(=O)c2cc(OC)c(OCCCCCOc3cc4c(cc3OC)C(=O)N3CC5(CC5)C[C@H]3C(O)N4C(=O)OCC=C)cc21. The minimum Gasteiger partial charge on any atom is -0.493 e. The predicted molar refractivity (Wildman–Crippen MR) is 255 cm³/mol. The van der Waals surface area contributed by atoms with Crippen LogP contribution in [-0.4, -0.2) is 137 Å². The highest BCUT2D eigenvalue weighted by Crippen LogP contribution is 2.57. The minimum atomic E-state index is -1.33. The summed E-state index contributed by atoms with van der Waals surface area (Å²) in [7, 11) is 2.99. The van der Waals surface area contributed by atoms with E-state index in [0.717, 1.165) is 60.7 Å². The third-order valence-corrected chi connectivity index (χ3v) is 13.8. The first-order chi connectivity index (χ1) is 33.1. The zero-order chi connectivity index (χ0) is 47.5. The summed E-state index contributed by atoms with van der Waals surface area (Å²) in [6.45, 7) is 12.3. The van der Waals surface area contributed by atoms with E-state index in [4.69, 9.17) is 28.4 Å². The largest absolute Gasteiger partial charge is 0.493 e. The molecule has 360 valence electrons. The van der Waals surface area contributed by atoms with Crippen LogP contribution in [-0.2, 0) is 9.47 Å². The Kier molecular flexibility index (Phi) is 13.5. The van der Waals surface area contributed by atoms with Crippen molar-refractivity contribution in [1.29, 1.82) is 0 Å². The van der Waals surface area contributed by atoms with Gasteiger partial charge in [0, 0.05) is 56.7 Å². The number of nitrogens with zero attached hydrogens (tertiary/aromatic N) is 5. The monoisotopic (exact) mass is 932 g/mol. The summed E-state index contributed by atoms with van der Waals surface area (Å²) in [5.41, 5.74) is 4.20. The molecule has 1 aliphatic carbocycles. The van der Waals surface area contributed by atoms with Gasteiger partial charge in [-0.05, 0) is 85.8 Å². The van der Waals surface area contributed by atoms with Crippen LogP contribution in [0.1, 0.15) is 71.2 Å². The Hall–Kier alpha value is -6.72. The van der Waals surface area contributed by atoms with E-state index in [2.05, 4.69) is 47.6 Å². The van der Waals surface area contributed by atoms with Crippen molar-refractivity contribution >= 4 is 46.6 Å². The highest BCUT2D eigenvalue weighted by molar-refractivity contribution is 6.07. The van der Waals surface area contributed by atoms with E-state index in [9.17, 15) is 24.3 Å². The van der Waals surface area contributed by atoms with Crippen molar-refractivity contribution in [2.75, 3.05) is 94.6 Å². The average molecular weight is 933 g/mol. The van der Waals surface area contributed by atoms with Gasteiger partial charge >= 0.3 is 12.2 Å². The minimum absolute atomic E-state index is 0.00403. The lowest BCUT2D eigenvalue weighted by atomic mass is 10.0. The molecule has 5 heterocycles. The molecule has 1 spiro atoms. The number of carbonyl (C=O) groups is 4. The second-order valence-corrected chi connectivity index (χ2v) is 18.1. The number of benzene rings is 3. The van der Waals surface area contributed by atoms with Gasteiger partial charge in [-0.15, -0.1) is 0 Å². The van der Waals surface area contributed by atoms with Crippen molar-refractivity contribution in [3.63, 3.8) is 0 Å². The molecule has 0 aromatic heterocycles. The number of aliphatic hydroxyl groups excluding tert-OH is 1. The molecule has 17 nitrogen and oxygen atoms in total. The number of fused-ring (bicyclic) bond motifs is 4. The van der Waals surface area contributed by atoms with E-state index in [1.54, 1.807) is 34.1 Å². The summed E-state index contributed by atoms with van der Waals surface area (Å²) in [6.07, 6.45) is 7.12. The quantitative estimate of drug-likeness (QED) is 0.117. The van der Waals surface area contributed by atoms with E-state index >= 15 is 0 Å². The van der Waals surface area contributed by atoms with Crippen LogP contribution in [0, 0.1) is 5.41 Å². The van der Waals surface area contributed by atoms with E-state index in [1.165, 1.54) is 31.3 Å². The van der Waals surface area contributed by atoms with Crippen LogP contribution in [0.25, 0.3) is 5.57 Å². The zero-order valence-electron chi connectivity index (χ0n) is 38.8. The Morgan fingerprint density at radius 2 is 1.43 bits per heavy atom. The Morgan fingerprint density at radius 3 is 2.04 bits per heavy atom. The van der Waals surface area contributed by atoms with Crippen LogP contribution < -0.4 is 39.0 Å². The third kappa shape index (κ3) is 9.16. The molecule has 68 heavy (non-hydrogen) atoms. The van der Waals surface area contributed by atoms with Crippen molar-refractivity contribution < 1.29 is 52.7 Å². The number of piperazine rings is 1. The average Bonchev–Trinajstić information content (AvgIpc) is 3.87. The van der Waals surface area contributed by atoms with Crippen LogP contribution in [0.4, 0.5) is 26.7 Å².